The van der Waals surface area contributed by atoms with Crippen molar-refractivity contribution < 1.29 is 9.47 Å². The summed E-state index contributed by atoms with van der Waals surface area (Å²) in [6, 6.07) is 9.34. The van der Waals surface area contributed by atoms with Crippen LogP contribution in [-0.2, 0) is 11.3 Å². The summed E-state index contributed by atoms with van der Waals surface area (Å²) in [6.45, 7) is 0.298. The number of nitrogens with zero attached hydrogens (tertiary/aromatic N) is 2. The molecule has 2 N–H and O–H groups in total. The number of nitrogen functional groups attached to an aromatic ring is 1. The Hall–Kier alpha value is -1.79. The van der Waals surface area contributed by atoms with Crippen molar-refractivity contribution in [2.24, 2.45) is 0 Å². The summed E-state index contributed by atoms with van der Waals surface area (Å²) in [5.41, 5.74) is 5.70. The molecule has 100 valence electrons. The summed E-state index contributed by atoms with van der Waals surface area (Å²) in [5, 5.41) is 0. The number of thioether (sulfide) groups is 1. The van der Waals surface area contributed by atoms with Crippen LogP contribution in [0.3, 0.4) is 0 Å². The molecule has 2 rings (SSSR count). The van der Waals surface area contributed by atoms with Crippen molar-refractivity contribution in [2.75, 3.05) is 19.1 Å². The molecule has 0 spiro atoms. The number of nitrogens with two attached hydrogens (primary N) is 1. The Morgan fingerprint density at radius 2 is 1.95 bits per heavy atom. The van der Waals surface area contributed by atoms with Crippen LogP contribution in [0.1, 0.15) is 5.82 Å². The molecular weight excluding hydrogens is 262 g/mol. The molecule has 0 atom stereocenters. The highest BCUT2D eigenvalue weighted by molar-refractivity contribution is 7.98. The number of hydrogen-bond acceptors (Lipinski definition) is 6. The number of rotatable bonds is 5. The molecule has 2 aromatic rings. The fourth-order valence-corrected chi connectivity index (χ4v) is 1.91. The maximum absolute atomic E-state index is 5.70. The van der Waals surface area contributed by atoms with Gasteiger partial charge in [0.15, 0.2) is 5.82 Å². The quantitative estimate of drug-likeness (QED) is 0.847. The van der Waals surface area contributed by atoms with Crippen molar-refractivity contribution in [1.82, 2.24) is 9.97 Å². The van der Waals surface area contributed by atoms with E-state index in [2.05, 4.69) is 9.97 Å². The number of benzene rings is 1. The SMILES string of the molecule is COCc1nc(N)cc(Oc2ccc(SC)cc2)n1. The molecule has 0 aliphatic carbocycles. The van der Waals surface area contributed by atoms with Gasteiger partial charge in [-0.3, -0.25) is 0 Å². The van der Waals surface area contributed by atoms with Crippen molar-refractivity contribution in [3.8, 4) is 11.6 Å². The van der Waals surface area contributed by atoms with Crippen molar-refractivity contribution in [1.29, 1.82) is 0 Å². The molecule has 0 fully saturated rings. The van der Waals surface area contributed by atoms with E-state index in [4.69, 9.17) is 15.2 Å². The number of hydrogen-bond donors (Lipinski definition) is 1. The van der Waals surface area contributed by atoms with Gasteiger partial charge in [0.05, 0.1) is 0 Å². The number of methoxy groups -OCH3 is 1. The maximum atomic E-state index is 5.70. The summed E-state index contributed by atoms with van der Waals surface area (Å²) in [7, 11) is 1.58. The topological polar surface area (TPSA) is 70.3 Å². The van der Waals surface area contributed by atoms with E-state index in [1.807, 2.05) is 30.5 Å². The zero-order chi connectivity index (χ0) is 13.7. The number of anilines is 1. The first-order valence-electron chi connectivity index (χ1n) is 5.65. The summed E-state index contributed by atoms with van der Waals surface area (Å²) >= 11 is 1.68. The Kier molecular flexibility index (Phi) is 4.59. The monoisotopic (exact) mass is 277 g/mol. The lowest BCUT2D eigenvalue weighted by Crippen LogP contribution is -2.02. The van der Waals surface area contributed by atoms with Crippen molar-refractivity contribution >= 4 is 17.6 Å². The smallest absolute Gasteiger partial charge is 0.224 e. The van der Waals surface area contributed by atoms with Gasteiger partial charge >= 0.3 is 0 Å². The van der Waals surface area contributed by atoms with E-state index in [0.29, 0.717) is 29.9 Å². The molecule has 0 bridgehead atoms. The maximum Gasteiger partial charge on any atom is 0.224 e. The first-order valence-corrected chi connectivity index (χ1v) is 6.88. The first kappa shape index (κ1) is 13.6. The highest BCUT2D eigenvalue weighted by Crippen LogP contribution is 2.24. The number of ether oxygens (including phenoxy) is 2. The molecule has 1 aromatic carbocycles. The van der Waals surface area contributed by atoms with Crippen LogP contribution in [0, 0.1) is 0 Å². The lowest BCUT2D eigenvalue weighted by atomic mass is 10.3. The van der Waals surface area contributed by atoms with E-state index < -0.39 is 0 Å². The van der Waals surface area contributed by atoms with E-state index in [0.717, 1.165) is 0 Å². The minimum atomic E-state index is 0.298. The second-order valence-electron chi connectivity index (χ2n) is 3.76. The van der Waals surface area contributed by atoms with E-state index >= 15 is 0 Å². The van der Waals surface area contributed by atoms with Crippen LogP contribution < -0.4 is 10.5 Å². The fourth-order valence-electron chi connectivity index (χ4n) is 1.50. The second kappa shape index (κ2) is 6.40. The van der Waals surface area contributed by atoms with E-state index in [9.17, 15) is 0 Å². The van der Waals surface area contributed by atoms with Gasteiger partial charge in [0.2, 0.25) is 5.88 Å². The summed E-state index contributed by atoms with van der Waals surface area (Å²) in [4.78, 5) is 9.44. The third-order valence-electron chi connectivity index (χ3n) is 2.32. The molecule has 1 heterocycles. The third-order valence-corrected chi connectivity index (χ3v) is 3.07. The normalized spacial score (nSPS) is 10.4. The molecule has 0 aliphatic heterocycles. The van der Waals surface area contributed by atoms with Gasteiger partial charge in [-0.25, -0.2) is 4.98 Å². The third kappa shape index (κ3) is 3.84. The molecule has 19 heavy (non-hydrogen) atoms. The van der Waals surface area contributed by atoms with Gasteiger partial charge in [-0.15, -0.1) is 11.8 Å². The first-order chi connectivity index (χ1) is 9.21. The van der Waals surface area contributed by atoms with Gasteiger partial charge in [0.25, 0.3) is 0 Å². The highest BCUT2D eigenvalue weighted by atomic mass is 32.2. The van der Waals surface area contributed by atoms with Crippen LogP contribution >= 0.6 is 11.8 Å². The number of aromatic nitrogens is 2. The summed E-state index contributed by atoms with van der Waals surface area (Å²) in [6.07, 6.45) is 2.03. The molecule has 5 nitrogen and oxygen atoms in total. The van der Waals surface area contributed by atoms with Gasteiger partial charge in [-0.1, -0.05) is 0 Å². The van der Waals surface area contributed by atoms with Gasteiger partial charge in [0.1, 0.15) is 18.2 Å². The Morgan fingerprint density at radius 3 is 2.58 bits per heavy atom. The van der Waals surface area contributed by atoms with Crippen LogP contribution in [0.25, 0.3) is 0 Å². The van der Waals surface area contributed by atoms with E-state index in [1.54, 1.807) is 24.9 Å². The van der Waals surface area contributed by atoms with E-state index in [1.165, 1.54) is 4.90 Å². The standard InChI is InChI=1S/C13H15N3O2S/c1-17-8-12-15-11(14)7-13(16-12)18-9-3-5-10(19-2)6-4-9/h3-7H,8H2,1-2H3,(H2,14,15,16). The van der Waals surface area contributed by atoms with Crippen molar-refractivity contribution in [2.45, 2.75) is 11.5 Å². The lowest BCUT2D eigenvalue weighted by molar-refractivity contribution is 0.177. The highest BCUT2D eigenvalue weighted by Gasteiger charge is 2.05. The Balaban J connectivity index is 2.17. The minimum absolute atomic E-state index is 0.298. The van der Waals surface area contributed by atoms with Crippen molar-refractivity contribution in [3.63, 3.8) is 0 Å². The van der Waals surface area contributed by atoms with Gasteiger partial charge in [-0.2, -0.15) is 4.98 Å². The molecule has 0 aliphatic rings. The predicted molar refractivity (Wildman–Crippen MR) is 75.5 cm³/mol. The average molecular weight is 277 g/mol. The van der Waals surface area contributed by atoms with Crippen LogP contribution in [0.5, 0.6) is 11.6 Å². The second-order valence-corrected chi connectivity index (χ2v) is 4.64. The molecular formula is C13H15N3O2S. The van der Waals surface area contributed by atoms with Crippen LogP contribution in [-0.4, -0.2) is 23.3 Å². The Bertz CT molecular complexity index is 546. The Morgan fingerprint density at radius 1 is 1.21 bits per heavy atom. The minimum Gasteiger partial charge on any atom is -0.439 e. The molecule has 6 heteroatoms. The largest absolute Gasteiger partial charge is 0.439 e. The Labute approximate surface area is 116 Å². The molecule has 0 unspecified atom stereocenters. The van der Waals surface area contributed by atoms with Gasteiger partial charge < -0.3 is 15.2 Å². The predicted octanol–water partition coefficient (Wildman–Crippen LogP) is 2.72. The molecule has 0 saturated carbocycles. The molecule has 1 aromatic heterocycles. The van der Waals surface area contributed by atoms with Crippen LogP contribution in [0.15, 0.2) is 35.2 Å². The summed E-state index contributed by atoms with van der Waals surface area (Å²) in [5.74, 6) is 1.98. The lowest BCUT2D eigenvalue weighted by Gasteiger charge is -2.07. The molecule has 0 radical (unpaired) electrons. The van der Waals surface area contributed by atoms with Crippen LogP contribution in [0.2, 0.25) is 0 Å². The fraction of sp³-hybridized carbons (Fsp3) is 0.231. The average Bonchev–Trinajstić information content (AvgIpc) is 2.39. The molecule has 0 amide bonds. The summed E-state index contributed by atoms with van der Waals surface area (Å²) < 4.78 is 10.6. The molecule has 0 saturated heterocycles. The van der Waals surface area contributed by atoms with Gasteiger partial charge in [0, 0.05) is 18.1 Å². The zero-order valence-electron chi connectivity index (χ0n) is 10.8. The zero-order valence-corrected chi connectivity index (χ0v) is 11.6. The van der Waals surface area contributed by atoms with Crippen LogP contribution in [0.4, 0.5) is 5.82 Å². The van der Waals surface area contributed by atoms with E-state index in [-0.39, 0.29) is 0 Å². The van der Waals surface area contributed by atoms with Gasteiger partial charge in [-0.05, 0) is 30.5 Å². The van der Waals surface area contributed by atoms with Crippen molar-refractivity contribution in [3.05, 3.63) is 36.2 Å².